The molecule has 0 aliphatic heterocycles. The van der Waals surface area contributed by atoms with E-state index >= 15 is 0 Å². The number of hydrogen-bond donors (Lipinski definition) is 2. The molecule has 0 aliphatic rings. The first kappa shape index (κ1) is 15.2. The summed E-state index contributed by atoms with van der Waals surface area (Å²) >= 11 is 0. The second kappa shape index (κ2) is 7.58. The smallest absolute Gasteiger partial charge is 0.117 e. The maximum Gasteiger partial charge on any atom is 0.117 e. The molecule has 0 saturated carbocycles. The zero-order valence-electron chi connectivity index (χ0n) is 12.2. The molecule has 5 heteroatoms. The van der Waals surface area contributed by atoms with Gasteiger partial charge in [0.2, 0.25) is 0 Å². The molecule has 0 spiro atoms. The second-order valence-corrected chi connectivity index (χ2v) is 5.04. The van der Waals surface area contributed by atoms with Crippen molar-refractivity contribution in [2.45, 2.75) is 32.5 Å². The van der Waals surface area contributed by atoms with E-state index < -0.39 is 0 Å². The number of nitrogens with one attached hydrogen (secondary N) is 1. The molecule has 0 aromatic carbocycles. The van der Waals surface area contributed by atoms with Gasteiger partial charge in [0.05, 0.1) is 6.61 Å². The van der Waals surface area contributed by atoms with Crippen molar-refractivity contribution in [2.24, 2.45) is 0 Å². The number of nitriles is 1. The van der Waals surface area contributed by atoms with Gasteiger partial charge in [-0.2, -0.15) is 5.26 Å². The lowest BCUT2D eigenvalue weighted by Crippen LogP contribution is -2.36. The molecule has 5 nitrogen and oxygen atoms in total. The zero-order chi connectivity index (χ0) is 15.1. The van der Waals surface area contributed by atoms with E-state index in [-0.39, 0.29) is 12.6 Å². The van der Waals surface area contributed by atoms with Crippen LogP contribution in [0.2, 0.25) is 0 Å². The molecule has 0 fully saturated rings. The van der Waals surface area contributed by atoms with Crippen molar-refractivity contribution >= 4 is 0 Å². The Bertz CT molecular complexity index is 584. The van der Waals surface area contributed by atoms with Crippen LogP contribution in [0.1, 0.15) is 30.2 Å². The molecule has 2 aromatic rings. The van der Waals surface area contributed by atoms with Crippen LogP contribution in [-0.4, -0.2) is 32.6 Å². The van der Waals surface area contributed by atoms with Gasteiger partial charge in [0.25, 0.3) is 0 Å². The van der Waals surface area contributed by atoms with Crippen LogP contribution >= 0.6 is 0 Å². The minimum absolute atomic E-state index is 0.0886. The molecule has 110 valence electrons. The van der Waals surface area contributed by atoms with Crippen LogP contribution in [0, 0.1) is 11.3 Å². The standard InChI is InChI=1S/C16H20N4O/c1-2-16(12-21)20(10-13-4-3-5-18-8-13)11-14-6-15(7-17)19-9-14/h3-6,8-9,16,19,21H,2,10-12H2,1H3. The average molecular weight is 284 g/mol. The number of aliphatic hydroxyl groups is 1. The highest BCUT2D eigenvalue weighted by Gasteiger charge is 2.17. The summed E-state index contributed by atoms with van der Waals surface area (Å²) in [4.78, 5) is 9.28. The number of pyridine rings is 1. The normalized spacial score (nSPS) is 12.3. The Hall–Kier alpha value is -2.16. The summed E-state index contributed by atoms with van der Waals surface area (Å²) < 4.78 is 0. The van der Waals surface area contributed by atoms with Gasteiger partial charge in [-0.25, -0.2) is 0 Å². The van der Waals surface area contributed by atoms with Crippen LogP contribution in [0.25, 0.3) is 0 Å². The van der Waals surface area contributed by atoms with Crippen molar-refractivity contribution in [1.29, 1.82) is 5.26 Å². The lowest BCUT2D eigenvalue weighted by atomic mass is 10.1. The Kier molecular flexibility index (Phi) is 5.50. The first-order valence-corrected chi connectivity index (χ1v) is 7.08. The molecule has 0 bridgehead atoms. The van der Waals surface area contributed by atoms with Gasteiger partial charge in [-0.3, -0.25) is 9.88 Å². The Balaban J connectivity index is 2.13. The molecule has 0 radical (unpaired) electrons. The number of aromatic nitrogens is 2. The number of aromatic amines is 1. The molecular weight excluding hydrogens is 264 g/mol. The first-order valence-electron chi connectivity index (χ1n) is 7.08. The number of aliphatic hydroxyl groups excluding tert-OH is 1. The summed E-state index contributed by atoms with van der Waals surface area (Å²) in [5.74, 6) is 0. The second-order valence-electron chi connectivity index (χ2n) is 5.04. The quantitative estimate of drug-likeness (QED) is 0.816. The third kappa shape index (κ3) is 4.15. The monoisotopic (exact) mass is 284 g/mol. The van der Waals surface area contributed by atoms with Gasteiger partial charge in [-0.05, 0) is 29.7 Å². The van der Waals surface area contributed by atoms with E-state index in [1.165, 1.54) is 0 Å². The van der Waals surface area contributed by atoms with Crippen molar-refractivity contribution in [3.05, 3.63) is 53.6 Å². The zero-order valence-corrected chi connectivity index (χ0v) is 12.2. The minimum atomic E-state index is 0.0886. The van der Waals surface area contributed by atoms with Crippen LogP contribution in [0.15, 0.2) is 36.8 Å². The summed E-state index contributed by atoms with van der Waals surface area (Å²) in [6, 6.07) is 7.97. The lowest BCUT2D eigenvalue weighted by Gasteiger charge is -2.29. The van der Waals surface area contributed by atoms with Gasteiger partial charge in [-0.1, -0.05) is 13.0 Å². The molecule has 0 saturated heterocycles. The maximum absolute atomic E-state index is 9.59. The van der Waals surface area contributed by atoms with Crippen molar-refractivity contribution in [2.75, 3.05) is 6.61 Å². The van der Waals surface area contributed by atoms with Crippen LogP contribution in [-0.2, 0) is 13.1 Å². The van der Waals surface area contributed by atoms with Crippen LogP contribution in [0.4, 0.5) is 0 Å². The van der Waals surface area contributed by atoms with Gasteiger partial charge >= 0.3 is 0 Å². The van der Waals surface area contributed by atoms with Gasteiger partial charge in [0.15, 0.2) is 0 Å². The van der Waals surface area contributed by atoms with Gasteiger partial charge in [0.1, 0.15) is 11.8 Å². The fourth-order valence-electron chi connectivity index (χ4n) is 2.37. The van der Waals surface area contributed by atoms with E-state index in [2.05, 4.69) is 27.9 Å². The molecule has 1 unspecified atom stereocenters. The van der Waals surface area contributed by atoms with Crippen molar-refractivity contribution in [3.8, 4) is 6.07 Å². The number of H-pyrrole nitrogens is 1. The Labute approximate surface area is 124 Å². The summed E-state index contributed by atoms with van der Waals surface area (Å²) in [5.41, 5.74) is 2.71. The third-order valence-corrected chi connectivity index (χ3v) is 3.56. The highest BCUT2D eigenvalue weighted by Crippen LogP contribution is 2.15. The van der Waals surface area contributed by atoms with E-state index in [0.717, 1.165) is 24.1 Å². The molecule has 2 N–H and O–H groups in total. The Morgan fingerprint density at radius 3 is 2.81 bits per heavy atom. The minimum Gasteiger partial charge on any atom is -0.395 e. The predicted molar refractivity (Wildman–Crippen MR) is 80.2 cm³/mol. The van der Waals surface area contributed by atoms with E-state index in [9.17, 15) is 5.11 Å². The fourth-order valence-corrected chi connectivity index (χ4v) is 2.37. The van der Waals surface area contributed by atoms with E-state index in [0.29, 0.717) is 12.2 Å². The van der Waals surface area contributed by atoms with Crippen LogP contribution in [0.3, 0.4) is 0 Å². The first-order chi connectivity index (χ1) is 10.3. The fraction of sp³-hybridized carbons (Fsp3) is 0.375. The SMILES string of the molecule is CCC(CO)N(Cc1cccnc1)Cc1c[nH]c(C#N)c1. The molecule has 21 heavy (non-hydrogen) atoms. The molecular formula is C16H20N4O. The largest absolute Gasteiger partial charge is 0.395 e. The van der Waals surface area contributed by atoms with Crippen molar-refractivity contribution < 1.29 is 5.11 Å². The van der Waals surface area contributed by atoms with Crippen LogP contribution in [0.5, 0.6) is 0 Å². The molecule has 1 atom stereocenters. The average Bonchev–Trinajstić information content (AvgIpc) is 2.97. The van der Waals surface area contributed by atoms with Gasteiger partial charge < -0.3 is 10.1 Å². The highest BCUT2D eigenvalue weighted by molar-refractivity contribution is 5.26. The van der Waals surface area contributed by atoms with Crippen molar-refractivity contribution in [1.82, 2.24) is 14.9 Å². The van der Waals surface area contributed by atoms with E-state index in [1.54, 1.807) is 6.20 Å². The topological polar surface area (TPSA) is 75.9 Å². The van der Waals surface area contributed by atoms with E-state index in [4.69, 9.17) is 5.26 Å². The number of nitrogens with zero attached hydrogens (tertiary/aromatic N) is 3. The molecule has 0 amide bonds. The lowest BCUT2D eigenvalue weighted by molar-refractivity contribution is 0.106. The predicted octanol–water partition coefficient (Wildman–Crippen LogP) is 2.05. The molecule has 0 aliphatic carbocycles. The molecule has 2 heterocycles. The highest BCUT2D eigenvalue weighted by atomic mass is 16.3. The summed E-state index contributed by atoms with van der Waals surface area (Å²) in [6.07, 6.45) is 6.31. The van der Waals surface area contributed by atoms with Crippen LogP contribution < -0.4 is 0 Å². The summed E-state index contributed by atoms with van der Waals surface area (Å²) in [7, 11) is 0. The Morgan fingerprint density at radius 2 is 2.24 bits per heavy atom. The number of rotatable bonds is 7. The molecule has 2 aromatic heterocycles. The summed E-state index contributed by atoms with van der Waals surface area (Å²) in [6.45, 7) is 3.59. The Morgan fingerprint density at radius 1 is 1.43 bits per heavy atom. The van der Waals surface area contributed by atoms with Gasteiger partial charge in [-0.15, -0.1) is 0 Å². The van der Waals surface area contributed by atoms with E-state index in [1.807, 2.05) is 30.6 Å². The maximum atomic E-state index is 9.59. The third-order valence-electron chi connectivity index (χ3n) is 3.56. The van der Waals surface area contributed by atoms with Crippen molar-refractivity contribution in [3.63, 3.8) is 0 Å². The summed E-state index contributed by atoms with van der Waals surface area (Å²) in [5, 5.41) is 18.5. The molecule has 2 rings (SSSR count). The number of hydrogen-bond acceptors (Lipinski definition) is 4. The van der Waals surface area contributed by atoms with Gasteiger partial charge in [0, 0.05) is 37.7 Å².